The zero-order valence-corrected chi connectivity index (χ0v) is 14.2. The molecule has 0 aliphatic heterocycles. The Labute approximate surface area is 153 Å². The Balaban J connectivity index is 1.75. The van der Waals surface area contributed by atoms with E-state index in [2.05, 4.69) is 10.6 Å². The van der Waals surface area contributed by atoms with E-state index < -0.39 is 17.8 Å². The number of ether oxygens (including phenoxy) is 1. The predicted octanol–water partition coefficient (Wildman–Crippen LogP) is 2.68. The number of urea groups is 1. The first kappa shape index (κ1) is 20.1. The van der Waals surface area contributed by atoms with Crippen LogP contribution in [-0.2, 0) is 12.7 Å². The minimum atomic E-state index is -4.39. The second-order valence-electron chi connectivity index (χ2n) is 5.54. The molecule has 0 spiro atoms. The minimum absolute atomic E-state index is 0.109. The summed E-state index contributed by atoms with van der Waals surface area (Å²) in [7, 11) is 0. The lowest BCUT2D eigenvalue weighted by atomic mass is 10.1. The molecule has 2 aromatic carbocycles. The fraction of sp³-hybridized carbons (Fsp3) is 0.222. The van der Waals surface area contributed by atoms with Gasteiger partial charge in [0.25, 0.3) is 5.91 Å². The van der Waals surface area contributed by atoms with E-state index in [9.17, 15) is 22.8 Å². The molecule has 0 aliphatic rings. The Morgan fingerprint density at radius 2 is 1.59 bits per heavy atom. The van der Waals surface area contributed by atoms with Crippen LogP contribution in [0.5, 0.6) is 5.75 Å². The van der Waals surface area contributed by atoms with Crippen molar-refractivity contribution in [2.45, 2.75) is 12.7 Å². The largest absolute Gasteiger partial charge is 0.492 e. The van der Waals surface area contributed by atoms with E-state index in [0.29, 0.717) is 5.56 Å². The van der Waals surface area contributed by atoms with Crippen LogP contribution in [0.2, 0.25) is 0 Å². The number of benzene rings is 2. The van der Waals surface area contributed by atoms with Crippen LogP contribution in [0.4, 0.5) is 18.0 Å². The summed E-state index contributed by atoms with van der Waals surface area (Å²) in [6.07, 6.45) is -4.39. The molecule has 2 rings (SSSR count). The second-order valence-corrected chi connectivity index (χ2v) is 5.54. The highest BCUT2D eigenvalue weighted by molar-refractivity contribution is 5.94. The van der Waals surface area contributed by atoms with E-state index in [4.69, 9.17) is 10.5 Å². The number of halogens is 3. The monoisotopic (exact) mass is 381 g/mol. The Kier molecular flexibility index (Phi) is 6.64. The van der Waals surface area contributed by atoms with Crippen molar-refractivity contribution in [2.24, 2.45) is 5.73 Å². The van der Waals surface area contributed by atoms with Crippen LogP contribution in [-0.4, -0.2) is 25.1 Å². The first-order valence-electron chi connectivity index (χ1n) is 7.96. The van der Waals surface area contributed by atoms with Crippen LogP contribution in [0, 0.1) is 0 Å². The van der Waals surface area contributed by atoms with Gasteiger partial charge >= 0.3 is 12.2 Å². The molecule has 0 saturated heterocycles. The van der Waals surface area contributed by atoms with Gasteiger partial charge in [0, 0.05) is 12.1 Å². The summed E-state index contributed by atoms with van der Waals surface area (Å²) in [5.41, 5.74) is 5.44. The van der Waals surface area contributed by atoms with Gasteiger partial charge in [-0.3, -0.25) is 4.79 Å². The SMILES string of the molecule is NC(=O)NCc1ccc(C(=O)NCCOc2ccc(C(F)(F)F)cc2)cc1. The lowest BCUT2D eigenvalue weighted by Crippen LogP contribution is -2.29. The third-order valence-corrected chi connectivity index (χ3v) is 3.52. The number of hydrogen-bond donors (Lipinski definition) is 3. The highest BCUT2D eigenvalue weighted by atomic mass is 19.4. The highest BCUT2D eigenvalue weighted by Crippen LogP contribution is 2.30. The van der Waals surface area contributed by atoms with E-state index in [0.717, 1.165) is 17.7 Å². The fourth-order valence-electron chi connectivity index (χ4n) is 2.14. The first-order valence-corrected chi connectivity index (χ1v) is 7.96. The van der Waals surface area contributed by atoms with Crippen molar-refractivity contribution in [2.75, 3.05) is 13.2 Å². The van der Waals surface area contributed by atoms with Gasteiger partial charge in [-0.1, -0.05) is 12.1 Å². The first-order chi connectivity index (χ1) is 12.8. The van der Waals surface area contributed by atoms with Crippen molar-refractivity contribution < 1.29 is 27.5 Å². The maximum atomic E-state index is 12.5. The maximum absolute atomic E-state index is 12.5. The molecule has 4 N–H and O–H groups in total. The van der Waals surface area contributed by atoms with Crippen molar-refractivity contribution in [1.29, 1.82) is 0 Å². The molecule has 2 aromatic rings. The van der Waals surface area contributed by atoms with Crippen molar-refractivity contribution in [3.63, 3.8) is 0 Å². The van der Waals surface area contributed by atoms with Crippen LogP contribution in [0.15, 0.2) is 48.5 Å². The molecule has 27 heavy (non-hydrogen) atoms. The third kappa shape index (κ3) is 6.53. The number of primary amides is 1. The maximum Gasteiger partial charge on any atom is 0.416 e. The summed E-state index contributed by atoms with van der Waals surface area (Å²) in [6, 6.07) is 10.3. The normalized spacial score (nSPS) is 10.9. The fourth-order valence-corrected chi connectivity index (χ4v) is 2.14. The molecular formula is C18H18F3N3O3. The van der Waals surface area contributed by atoms with Crippen LogP contribution in [0.1, 0.15) is 21.5 Å². The molecule has 0 heterocycles. The average molecular weight is 381 g/mol. The van der Waals surface area contributed by atoms with Gasteiger partial charge in [-0.2, -0.15) is 13.2 Å². The average Bonchev–Trinajstić information content (AvgIpc) is 2.63. The van der Waals surface area contributed by atoms with Gasteiger partial charge in [-0.05, 0) is 42.0 Å². The Bertz CT molecular complexity index is 775. The van der Waals surface area contributed by atoms with Crippen molar-refractivity contribution in [1.82, 2.24) is 10.6 Å². The van der Waals surface area contributed by atoms with E-state index >= 15 is 0 Å². The number of carbonyl (C=O) groups is 2. The second kappa shape index (κ2) is 8.93. The predicted molar refractivity (Wildman–Crippen MR) is 92.1 cm³/mol. The molecule has 0 bridgehead atoms. The van der Waals surface area contributed by atoms with Gasteiger partial charge in [0.1, 0.15) is 12.4 Å². The summed E-state index contributed by atoms with van der Waals surface area (Å²) in [5, 5.41) is 5.08. The summed E-state index contributed by atoms with van der Waals surface area (Å²) < 4.78 is 42.7. The van der Waals surface area contributed by atoms with Crippen LogP contribution in [0.3, 0.4) is 0 Å². The third-order valence-electron chi connectivity index (χ3n) is 3.52. The van der Waals surface area contributed by atoms with Gasteiger partial charge in [-0.25, -0.2) is 4.79 Å². The topological polar surface area (TPSA) is 93.5 Å². The summed E-state index contributed by atoms with van der Waals surface area (Å²) in [6.45, 7) is 0.556. The summed E-state index contributed by atoms with van der Waals surface area (Å²) in [5.74, 6) is -0.0380. The van der Waals surface area contributed by atoms with E-state index in [1.165, 1.54) is 12.1 Å². The number of carbonyl (C=O) groups excluding carboxylic acids is 2. The van der Waals surface area contributed by atoms with E-state index in [-0.39, 0.29) is 31.4 Å². The molecule has 9 heteroatoms. The highest BCUT2D eigenvalue weighted by Gasteiger charge is 2.29. The zero-order valence-electron chi connectivity index (χ0n) is 14.2. The van der Waals surface area contributed by atoms with Gasteiger partial charge < -0.3 is 21.1 Å². The molecule has 0 fully saturated rings. The van der Waals surface area contributed by atoms with Gasteiger partial charge in [0.2, 0.25) is 0 Å². The van der Waals surface area contributed by atoms with Crippen LogP contribution < -0.4 is 21.1 Å². The van der Waals surface area contributed by atoms with Gasteiger partial charge in [0.15, 0.2) is 0 Å². The number of amides is 3. The van der Waals surface area contributed by atoms with Crippen LogP contribution >= 0.6 is 0 Å². The summed E-state index contributed by atoms with van der Waals surface area (Å²) >= 11 is 0. The Morgan fingerprint density at radius 3 is 2.15 bits per heavy atom. The van der Waals surface area contributed by atoms with Crippen LogP contribution in [0.25, 0.3) is 0 Å². The molecule has 0 saturated carbocycles. The molecular weight excluding hydrogens is 363 g/mol. The molecule has 144 valence electrons. The van der Waals surface area contributed by atoms with Gasteiger partial charge in [-0.15, -0.1) is 0 Å². The van der Waals surface area contributed by atoms with E-state index in [1.807, 2.05) is 0 Å². The van der Waals surface area contributed by atoms with Crippen molar-refractivity contribution >= 4 is 11.9 Å². The molecule has 0 unspecified atom stereocenters. The quantitative estimate of drug-likeness (QED) is 0.644. The summed E-state index contributed by atoms with van der Waals surface area (Å²) in [4.78, 5) is 22.6. The Morgan fingerprint density at radius 1 is 0.963 bits per heavy atom. The van der Waals surface area contributed by atoms with Gasteiger partial charge in [0.05, 0.1) is 12.1 Å². The molecule has 3 amide bonds. The lowest BCUT2D eigenvalue weighted by Gasteiger charge is -2.10. The minimum Gasteiger partial charge on any atom is -0.492 e. The molecule has 0 aliphatic carbocycles. The van der Waals surface area contributed by atoms with E-state index in [1.54, 1.807) is 24.3 Å². The molecule has 0 aromatic heterocycles. The molecule has 6 nitrogen and oxygen atoms in total. The smallest absolute Gasteiger partial charge is 0.416 e. The number of nitrogens with two attached hydrogens (primary N) is 1. The molecule has 0 radical (unpaired) electrons. The Hall–Kier alpha value is -3.23. The standard InChI is InChI=1S/C18H18F3N3O3/c19-18(20,21)14-5-7-15(8-6-14)27-10-9-23-16(25)13-3-1-12(2-4-13)11-24-17(22)26/h1-8H,9-11H2,(H,23,25)(H3,22,24,26). The lowest BCUT2D eigenvalue weighted by molar-refractivity contribution is -0.137. The number of alkyl halides is 3. The molecule has 0 atom stereocenters. The van der Waals surface area contributed by atoms with Crippen molar-refractivity contribution in [3.05, 3.63) is 65.2 Å². The zero-order chi connectivity index (χ0) is 19.9. The number of hydrogen-bond acceptors (Lipinski definition) is 3. The number of nitrogens with one attached hydrogen (secondary N) is 2. The number of rotatable bonds is 7. The van der Waals surface area contributed by atoms with Crippen molar-refractivity contribution in [3.8, 4) is 5.75 Å².